The first-order chi connectivity index (χ1) is 11.6. The van der Waals surface area contributed by atoms with Gasteiger partial charge < -0.3 is 0 Å². The Bertz CT molecular complexity index is 1050. The summed E-state index contributed by atoms with van der Waals surface area (Å²) in [5.74, 6) is -0.554. The molecule has 0 unspecified atom stereocenters. The molecule has 2 atom stereocenters. The molecule has 0 amide bonds. The van der Waals surface area contributed by atoms with Crippen LogP contribution in [0.25, 0.3) is 10.9 Å². The lowest BCUT2D eigenvalue weighted by Gasteiger charge is -2.04. The molecule has 120 valence electrons. The number of hydrogen-bond donors (Lipinski definition) is 0. The smallest absolute Gasteiger partial charge is 0.265 e. The Balaban J connectivity index is 1.78. The van der Waals surface area contributed by atoms with Crippen LogP contribution in [0.4, 0.5) is 4.39 Å². The molecule has 0 spiro atoms. The lowest BCUT2D eigenvalue weighted by atomic mass is 10.2. The standard InChI is InChI=1S/C16H11ClFN5O/c17-15-11-7-20-23(13-5-10(13)6-19)16(24)14(11)21-22(15)8-9-3-1-2-4-12(9)18/h1-4,7,10,13H,5,8H2/t10-,13+/m0/s1. The molecule has 1 aromatic carbocycles. The summed E-state index contributed by atoms with van der Waals surface area (Å²) in [5, 5.41) is 17.9. The molecule has 0 bridgehead atoms. The fourth-order valence-electron chi connectivity index (χ4n) is 2.73. The van der Waals surface area contributed by atoms with E-state index in [4.69, 9.17) is 16.9 Å². The van der Waals surface area contributed by atoms with E-state index in [0.717, 1.165) is 0 Å². The highest BCUT2D eigenvalue weighted by molar-refractivity contribution is 6.34. The van der Waals surface area contributed by atoms with Crippen LogP contribution in [-0.2, 0) is 6.54 Å². The Labute approximate surface area is 140 Å². The zero-order valence-corrected chi connectivity index (χ0v) is 13.1. The average Bonchev–Trinajstić information content (AvgIpc) is 3.29. The molecular formula is C16H11ClFN5O. The number of halogens is 2. The van der Waals surface area contributed by atoms with E-state index < -0.39 is 0 Å². The van der Waals surface area contributed by atoms with Crippen LogP contribution in [0, 0.1) is 23.1 Å². The zero-order chi connectivity index (χ0) is 16.8. The molecule has 1 saturated carbocycles. The third-order valence-corrected chi connectivity index (χ3v) is 4.56. The van der Waals surface area contributed by atoms with Crippen LogP contribution >= 0.6 is 11.6 Å². The normalized spacial score (nSPS) is 19.4. The molecule has 1 aliphatic rings. The van der Waals surface area contributed by atoms with Crippen molar-refractivity contribution in [1.29, 1.82) is 5.26 Å². The van der Waals surface area contributed by atoms with Crippen molar-refractivity contribution in [3.63, 3.8) is 0 Å². The van der Waals surface area contributed by atoms with E-state index in [2.05, 4.69) is 16.3 Å². The van der Waals surface area contributed by atoms with Gasteiger partial charge in [0.2, 0.25) is 0 Å². The maximum atomic E-state index is 13.8. The number of nitrogens with zero attached hydrogens (tertiary/aromatic N) is 5. The maximum Gasteiger partial charge on any atom is 0.295 e. The molecule has 2 heterocycles. The number of hydrogen-bond acceptors (Lipinski definition) is 4. The van der Waals surface area contributed by atoms with Crippen molar-refractivity contribution in [2.45, 2.75) is 19.0 Å². The summed E-state index contributed by atoms with van der Waals surface area (Å²) in [6, 6.07) is 8.23. The van der Waals surface area contributed by atoms with Gasteiger partial charge in [-0.25, -0.2) is 13.8 Å². The summed E-state index contributed by atoms with van der Waals surface area (Å²) in [7, 11) is 0. The molecule has 4 rings (SSSR count). The van der Waals surface area contributed by atoms with Crippen molar-refractivity contribution < 1.29 is 4.39 Å². The molecule has 8 heteroatoms. The predicted octanol–water partition coefficient (Wildman–Crippen LogP) is 2.52. The van der Waals surface area contributed by atoms with Crippen molar-refractivity contribution in [3.8, 4) is 6.07 Å². The Morgan fingerprint density at radius 1 is 1.42 bits per heavy atom. The van der Waals surface area contributed by atoms with Gasteiger partial charge in [0.1, 0.15) is 11.0 Å². The molecule has 1 aliphatic carbocycles. The van der Waals surface area contributed by atoms with Crippen LogP contribution in [0.2, 0.25) is 5.15 Å². The van der Waals surface area contributed by atoms with E-state index in [1.165, 1.54) is 21.6 Å². The highest BCUT2D eigenvalue weighted by atomic mass is 35.5. The summed E-state index contributed by atoms with van der Waals surface area (Å²) >= 11 is 6.27. The van der Waals surface area contributed by atoms with Crippen LogP contribution in [0.5, 0.6) is 0 Å². The van der Waals surface area contributed by atoms with Crippen LogP contribution in [-0.4, -0.2) is 19.6 Å². The van der Waals surface area contributed by atoms with E-state index in [1.807, 2.05) is 0 Å². The average molecular weight is 344 g/mol. The Morgan fingerprint density at radius 3 is 2.92 bits per heavy atom. The van der Waals surface area contributed by atoms with E-state index in [9.17, 15) is 9.18 Å². The molecule has 1 fully saturated rings. The lowest BCUT2D eigenvalue weighted by molar-refractivity contribution is 0.581. The number of nitriles is 1. The minimum Gasteiger partial charge on any atom is -0.265 e. The Morgan fingerprint density at radius 2 is 2.21 bits per heavy atom. The van der Waals surface area contributed by atoms with Gasteiger partial charge in [0.05, 0.1) is 36.2 Å². The first kappa shape index (κ1) is 14.8. The summed E-state index contributed by atoms with van der Waals surface area (Å²) in [5.41, 5.74) is 0.214. The molecule has 3 aromatic rings. The fraction of sp³-hybridized carbons (Fsp3) is 0.250. The van der Waals surface area contributed by atoms with E-state index in [0.29, 0.717) is 17.4 Å². The second-order valence-electron chi connectivity index (χ2n) is 5.74. The summed E-state index contributed by atoms with van der Waals surface area (Å²) in [4.78, 5) is 12.5. The summed E-state index contributed by atoms with van der Waals surface area (Å²) < 4.78 is 16.5. The number of rotatable bonds is 3. The monoisotopic (exact) mass is 343 g/mol. The third-order valence-electron chi connectivity index (χ3n) is 4.16. The third kappa shape index (κ3) is 2.27. The van der Waals surface area contributed by atoms with Gasteiger partial charge in [0.15, 0.2) is 5.52 Å². The van der Waals surface area contributed by atoms with Crippen LogP contribution in [0.1, 0.15) is 18.0 Å². The number of benzene rings is 1. The van der Waals surface area contributed by atoms with Crippen LogP contribution in [0.3, 0.4) is 0 Å². The maximum absolute atomic E-state index is 13.8. The van der Waals surface area contributed by atoms with E-state index >= 15 is 0 Å². The zero-order valence-electron chi connectivity index (χ0n) is 12.4. The fourth-order valence-corrected chi connectivity index (χ4v) is 2.96. The Kier molecular flexibility index (Phi) is 3.36. The van der Waals surface area contributed by atoms with Crippen molar-refractivity contribution in [3.05, 3.63) is 57.3 Å². The van der Waals surface area contributed by atoms with Gasteiger partial charge >= 0.3 is 0 Å². The van der Waals surface area contributed by atoms with Crippen molar-refractivity contribution in [2.24, 2.45) is 5.92 Å². The number of fused-ring (bicyclic) bond motifs is 1. The van der Waals surface area contributed by atoms with Crippen molar-refractivity contribution >= 4 is 22.5 Å². The highest BCUT2D eigenvalue weighted by Gasteiger charge is 2.41. The van der Waals surface area contributed by atoms with Gasteiger partial charge in [-0.3, -0.25) is 4.79 Å². The van der Waals surface area contributed by atoms with Crippen molar-refractivity contribution in [2.75, 3.05) is 0 Å². The summed E-state index contributed by atoms with van der Waals surface area (Å²) in [6.45, 7) is 0.115. The van der Waals surface area contributed by atoms with Gasteiger partial charge in [-0.15, -0.1) is 0 Å². The molecule has 0 radical (unpaired) electrons. The molecule has 6 nitrogen and oxygen atoms in total. The van der Waals surface area contributed by atoms with Crippen LogP contribution < -0.4 is 5.56 Å². The van der Waals surface area contributed by atoms with Gasteiger partial charge in [0.25, 0.3) is 5.56 Å². The van der Waals surface area contributed by atoms with E-state index in [1.54, 1.807) is 18.2 Å². The second kappa shape index (κ2) is 5.42. The minimum atomic E-state index is -0.385. The molecule has 0 saturated heterocycles. The quantitative estimate of drug-likeness (QED) is 0.732. The number of aromatic nitrogens is 4. The lowest BCUT2D eigenvalue weighted by Crippen LogP contribution is -2.22. The minimum absolute atomic E-state index is 0.115. The van der Waals surface area contributed by atoms with Crippen molar-refractivity contribution in [1.82, 2.24) is 19.6 Å². The first-order valence-electron chi connectivity index (χ1n) is 7.37. The molecular weight excluding hydrogens is 333 g/mol. The van der Waals surface area contributed by atoms with Gasteiger partial charge in [0, 0.05) is 5.56 Å². The van der Waals surface area contributed by atoms with E-state index in [-0.39, 0.29) is 40.6 Å². The second-order valence-corrected chi connectivity index (χ2v) is 6.09. The predicted molar refractivity (Wildman–Crippen MR) is 85.1 cm³/mol. The van der Waals surface area contributed by atoms with Crippen LogP contribution in [0.15, 0.2) is 35.3 Å². The molecule has 2 aromatic heterocycles. The molecule has 0 aliphatic heterocycles. The first-order valence-corrected chi connectivity index (χ1v) is 7.75. The Hall–Kier alpha value is -2.72. The molecule has 0 N–H and O–H groups in total. The summed E-state index contributed by atoms with van der Waals surface area (Å²) in [6.07, 6.45) is 2.08. The van der Waals surface area contributed by atoms with Gasteiger partial charge in [-0.1, -0.05) is 29.8 Å². The topological polar surface area (TPSA) is 76.5 Å². The largest absolute Gasteiger partial charge is 0.295 e. The molecule has 24 heavy (non-hydrogen) atoms. The SMILES string of the molecule is N#C[C@@H]1C[C@H]1n1ncc2c(Cl)n(Cc3ccccc3F)nc2c1=O. The van der Waals surface area contributed by atoms with Gasteiger partial charge in [-0.2, -0.15) is 15.5 Å². The highest BCUT2D eigenvalue weighted by Crippen LogP contribution is 2.41. The van der Waals surface area contributed by atoms with Gasteiger partial charge in [-0.05, 0) is 12.5 Å².